The summed E-state index contributed by atoms with van der Waals surface area (Å²) in [7, 11) is 0. The van der Waals surface area contributed by atoms with E-state index in [1.807, 2.05) is 54.6 Å². The number of hydrogen-bond donors (Lipinski definition) is 0. The van der Waals surface area contributed by atoms with Gasteiger partial charge in [-0.3, -0.25) is 0 Å². The van der Waals surface area contributed by atoms with Gasteiger partial charge in [-0.15, -0.1) is 0 Å². The SMILES string of the molecule is Clc1ccc2nc(N3CN(c4nc5ccc(Cl)cc5s4)CN(c4nc5ccc(Cl)cc5s4)C3)sc2c1. The summed E-state index contributed by atoms with van der Waals surface area (Å²) in [6.07, 6.45) is 0. The second-order valence-corrected chi connectivity index (χ2v) is 12.7. The Balaban J connectivity index is 1.30. The fraction of sp³-hybridized carbons (Fsp3) is 0.125. The van der Waals surface area contributed by atoms with Crippen LogP contribution in [-0.2, 0) is 0 Å². The van der Waals surface area contributed by atoms with E-state index in [4.69, 9.17) is 49.8 Å². The molecule has 180 valence electrons. The minimum atomic E-state index is 0.647. The summed E-state index contributed by atoms with van der Waals surface area (Å²) in [4.78, 5) is 21.5. The first-order valence-electron chi connectivity index (χ1n) is 10.9. The molecule has 0 radical (unpaired) electrons. The highest BCUT2D eigenvalue weighted by atomic mass is 35.5. The topological polar surface area (TPSA) is 48.4 Å². The zero-order chi connectivity index (χ0) is 24.4. The van der Waals surface area contributed by atoms with Gasteiger partial charge in [0.25, 0.3) is 0 Å². The van der Waals surface area contributed by atoms with E-state index in [-0.39, 0.29) is 0 Å². The van der Waals surface area contributed by atoms with Crippen LogP contribution in [0.3, 0.4) is 0 Å². The quantitative estimate of drug-likeness (QED) is 0.207. The van der Waals surface area contributed by atoms with Gasteiger partial charge in [-0.1, -0.05) is 68.8 Å². The summed E-state index contributed by atoms with van der Waals surface area (Å²) < 4.78 is 3.18. The highest BCUT2D eigenvalue weighted by Gasteiger charge is 2.29. The van der Waals surface area contributed by atoms with Crippen molar-refractivity contribution in [2.75, 3.05) is 34.7 Å². The molecule has 36 heavy (non-hydrogen) atoms. The standard InChI is InChI=1S/C24H15Cl3N6S3/c25-13-1-4-16-19(7-13)34-22(28-16)31-10-32(23-29-17-5-2-14(26)8-20(17)35-23)12-33(11-31)24-30-18-6-3-15(27)9-21(18)36-24/h1-9H,10-12H2. The van der Waals surface area contributed by atoms with Gasteiger partial charge in [0, 0.05) is 15.1 Å². The molecule has 1 fully saturated rings. The van der Waals surface area contributed by atoms with Crippen molar-refractivity contribution >= 4 is 115 Å². The number of aromatic nitrogens is 3. The van der Waals surface area contributed by atoms with Gasteiger partial charge in [0.05, 0.1) is 50.7 Å². The van der Waals surface area contributed by atoms with Crippen molar-refractivity contribution in [1.29, 1.82) is 0 Å². The van der Waals surface area contributed by atoms with E-state index < -0.39 is 0 Å². The van der Waals surface area contributed by atoms with Crippen LogP contribution >= 0.6 is 68.8 Å². The van der Waals surface area contributed by atoms with Crippen LogP contribution in [0.4, 0.5) is 15.4 Å². The Labute approximate surface area is 232 Å². The number of rotatable bonds is 3. The van der Waals surface area contributed by atoms with E-state index in [0.717, 1.165) is 46.0 Å². The molecule has 1 saturated heterocycles. The van der Waals surface area contributed by atoms with Gasteiger partial charge in [-0.25, -0.2) is 15.0 Å². The van der Waals surface area contributed by atoms with Crippen molar-refractivity contribution in [3.63, 3.8) is 0 Å². The lowest BCUT2D eigenvalue weighted by Crippen LogP contribution is -2.55. The van der Waals surface area contributed by atoms with Crippen LogP contribution in [0, 0.1) is 0 Å². The number of thiazole rings is 3. The Hall–Kier alpha value is -2.40. The molecule has 0 amide bonds. The van der Waals surface area contributed by atoms with Crippen LogP contribution in [0.15, 0.2) is 54.6 Å². The second kappa shape index (κ2) is 8.86. The second-order valence-electron chi connectivity index (χ2n) is 8.37. The van der Waals surface area contributed by atoms with Crippen molar-refractivity contribution in [1.82, 2.24) is 15.0 Å². The van der Waals surface area contributed by atoms with E-state index in [1.165, 1.54) is 0 Å². The summed E-state index contributed by atoms with van der Waals surface area (Å²) in [5, 5.41) is 4.91. The van der Waals surface area contributed by atoms with Crippen LogP contribution in [0.5, 0.6) is 0 Å². The van der Waals surface area contributed by atoms with Gasteiger partial charge in [-0.05, 0) is 54.6 Å². The van der Waals surface area contributed by atoms with Crippen molar-refractivity contribution in [2.24, 2.45) is 0 Å². The molecule has 4 heterocycles. The van der Waals surface area contributed by atoms with Crippen molar-refractivity contribution < 1.29 is 0 Å². The van der Waals surface area contributed by atoms with Crippen LogP contribution in [-0.4, -0.2) is 35.0 Å². The molecule has 12 heteroatoms. The van der Waals surface area contributed by atoms with E-state index in [2.05, 4.69) is 14.7 Å². The number of nitrogens with zero attached hydrogens (tertiary/aromatic N) is 6. The number of fused-ring (bicyclic) bond motifs is 3. The molecule has 0 atom stereocenters. The molecule has 0 unspecified atom stereocenters. The van der Waals surface area contributed by atoms with Crippen LogP contribution < -0.4 is 14.7 Å². The first-order valence-corrected chi connectivity index (χ1v) is 14.5. The van der Waals surface area contributed by atoms with E-state index in [1.54, 1.807) is 34.0 Å². The van der Waals surface area contributed by atoms with Crippen molar-refractivity contribution in [3.05, 3.63) is 69.7 Å². The molecule has 6 aromatic rings. The maximum Gasteiger partial charge on any atom is 0.189 e. The molecule has 0 saturated carbocycles. The third kappa shape index (κ3) is 4.13. The Morgan fingerprint density at radius 3 is 1.11 bits per heavy atom. The lowest BCUT2D eigenvalue weighted by molar-refractivity contribution is 0.608. The minimum absolute atomic E-state index is 0.647. The third-order valence-corrected chi connectivity index (χ3v) is 9.80. The largest absolute Gasteiger partial charge is 0.312 e. The number of anilines is 3. The van der Waals surface area contributed by atoms with Gasteiger partial charge in [0.1, 0.15) is 0 Å². The minimum Gasteiger partial charge on any atom is -0.312 e. The number of hydrogen-bond acceptors (Lipinski definition) is 9. The molecule has 3 aromatic carbocycles. The Morgan fingerprint density at radius 2 is 0.806 bits per heavy atom. The predicted molar refractivity (Wildman–Crippen MR) is 156 cm³/mol. The summed E-state index contributed by atoms with van der Waals surface area (Å²) in [6, 6.07) is 17.4. The summed E-state index contributed by atoms with van der Waals surface area (Å²) in [5.74, 6) is 0. The molecule has 0 bridgehead atoms. The van der Waals surface area contributed by atoms with Gasteiger partial charge >= 0.3 is 0 Å². The summed E-state index contributed by atoms with van der Waals surface area (Å²) in [6.45, 7) is 1.94. The molecule has 6 nitrogen and oxygen atoms in total. The third-order valence-electron chi connectivity index (χ3n) is 5.85. The van der Waals surface area contributed by atoms with E-state index in [0.29, 0.717) is 35.1 Å². The van der Waals surface area contributed by atoms with Crippen LogP contribution in [0.1, 0.15) is 0 Å². The highest BCUT2D eigenvalue weighted by Crippen LogP contribution is 2.38. The number of benzene rings is 3. The predicted octanol–water partition coefficient (Wildman–Crippen LogP) is 8.18. The maximum absolute atomic E-state index is 6.24. The fourth-order valence-corrected chi connectivity index (χ4v) is 7.86. The normalized spacial score (nSPS) is 14.6. The molecule has 0 N–H and O–H groups in total. The van der Waals surface area contributed by atoms with Crippen LogP contribution in [0.2, 0.25) is 15.1 Å². The van der Waals surface area contributed by atoms with Crippen molar-refractivity contribution in [3.8, 4) is 0 Å². The monoisotopic (exact) mass is 588 g/mol. The lowest BCUT2D eigenvalue weighted by atomic mass is 10.3. The fourth-order valence-electron chi connectivity index (χ4n) is 4.18. The number of halogens is 3. The van der Waals surface area contributed by atoms with Gasteiger partial charge in [0.15, 0.2) is 15.4 Å². The molecule has 7 rings (SSSR count). The molecule has 1 aliphatic rings. The molecule has 1 aliphatic heterocycles. The smallest absolute Gasteiger partial charge is 0.189 e. The average molecular weight is 590 g/mol. The molecule has 0 aliphatic carbocycles. The highest BCUT2D eigenvalue weighted by molar-refractivity contribution is 7.23. The molecule has 3 aromatic heterocycles. The summed E-state index contributed by atoms with van der Waals surface area (Å²) >= 11 is 23.6. The average Bonchev–Trinajstić information content (AvgIpc) is 3.59. The summed E-state index contributed by atoms with van der Waals surface area (Å²) in [5.41, 5.74) is 2.81. The van der Waals surface area contributed by atoms with Gasteiger partial charge in [0.2, 0.25) is 0 Å². The maximum atomic E-state index is 6.24. The van der Waals surface area contributed by atoms with Crippen molar-refractivity contribution in [2.45, 2.75) is 0 Å². The van der Waals surface area contributed by atoms with Gasteiger partial charge < -0.3 is 14.7 Å². The van der Waals surface area contributed by atoms with Crippen LogP contribution in [0.25, 0.3) is 30.6 Å². The van der Waals surface area contributed by atoms with Gasteiger partial charge in [-0.2, -0.15) is 0 Å². The molecule has 0 spiro atoms. The molecular weight excluding hydrogens is 575 g/mol. The lowest BCUT2D eigenvalue weighted by Gasteiger charge is -2.41. The van der Waals surface area contributed by atoms with E-state index >= 15 is 0 Å². The first-order chi connectivity index (χ1) is 17.5. The Morgan fingerprint density at radius 1 is 0.500 bits per heavy atom. The zero-order valence-corrected chi connectivity index (χ0v) is 23.1. The zero-order valence-electron chi connectivity index (χ0n) is 18.4. The Bertz CT molecular complexity index is 1550. The van der Waals surface area contributed by atoms with E-state index in [9.17, 15) is 0 Å². The first kappa shape index (κ1) is 22.8. The molecular formula is C24H15Cl3N6S3. The Kier molecular flexibility index (Phi) is 5.61.